The van der Waals surface area contributed by atoms with E-state index < -0.39 is 12.6 Å². The van der Waals surface area contributed by atoms with Crippen molar-refractivity contribution in [3.8, 4) is 16.9 Å². The summed E-state index contributed by atoms with van der Waals surface area (Å²) in [5.74, 6) is -0.461. The molecule has 1 aromatic carbocycles. The molecular weight excluding hydrogens is 432 g/mol. The summed E-state index contributed by atoms with van der Waals surface area (Å²) >= 11 is 0. The van der Waals surface area contributed by atoms with Gasteiger partial charge in [-0.05, 0) is 55.8 Å². The smallest absolute Gasteiger partial charge is 0.387 e. The Morgan fingerprint density at radius 2 is 1.73 bits per heavy atom. The zero-order valence-electron chi connectivity index (χ0n) is 17.7. The number of likely N-dealkylation sites (tertiary alicyclic amines) is 1. The molecule has 0 atom stereocenters. The minimum atomic E-state index is -2.86. The van der Waals surface area contributed by atoms with Crippen molar-refractivity contribution in [3.63, 3.8) is 0 Å². The van der Waals surface area contributed by atoms with E-state index in [-0.39, 0.29) is 11.7 Å². The highest BCUT2D eigenvalue weighted by atomic mass is 19.3. The van der Waals surface area contributed by atoms with Crippen LogP contribution in [0, 0.1) is 5.92 Å². The summed E-state index contributed by atoms with van der Waals surface area (Å²) in [7, 11) is 0. The molecule has 0 spiro atoms. The first kappa shape index (κ1) is 22.5. The number of rotatable bonds is 8. The summed E-state index contributed by atoms with van der Waals surface area (Å²) in [5.41, 5.74) is 3.17. The third kappa shape index (κ3) is 6.19. The van der Waals surface area contributed by atoms with Crippen LogP contribution >= 0.6 is 0 Å². The molecule has 172 valence electrons. The molecule has 3 heterocycles. The molecule has 0 saturated carbocycles. The molecule has 33 heavy (non-hydrogen) atoms. The predicted octanol–water partition coefficient (Wildman–Crippen LogP) is 4.18. The predicted molar refractivity (Wildman–Crippen MR) is 117 cm³/mol. The summed E-state index contributed by atoms with van der Waals surface area (Å²) in [6.45, 7) is -0.676. The largest absolute Gasteiger partial charge is 0.481 e. The number of carboxylic acids is 1. The molecule has 3 aromatic rings. The summed E-state index contributed by atoms with van der Waals surface area (Å²) in [6.07, 6.45) is 6.31. The lowest BCUT2D eigenvalue weighted by molar-refractivity contribution is -0.143. The maximum atomic E-state index is 12.3. The maximum absolute atomic E-state index is 12.3. The highest BCUT2D eigenvalue weighted by Gasteiger charge is 2.24. The fraction of sp³-hybridized carbons (Fsp3) is 0.304. The van der Waals surface area contributed by atoms with E-state index >= 15 is 0 Å². The van der Waals surface area contributed by atoms with Crippen molar-refractivity contribution in [1.29, 1.82) is 0 Å². The van der Waals surface area contributed by atoms with Gasteiger partial charge in [0.25, 0.3) is 0 Å². The number of nitrogens with zero attached hydrogens (tertiary/aromatic N) is 4. The Hall–Kier alpha value is -3.66. The molecule has 1 aliphatic heterocycles. The first-order valence-corrected chi connectivity index (χ1v) is 10.5. The molecule has 8 nitrogen and oxygen atoms in total. The average molecular weight is 455 g/mol. The Morgan fingerprint density at radius 3 is 2.30 bits per heavy atom. The fourth-order valence-corrected chi connectivity index (χ4v) is 3.66. The third-order valence-electron chi connectivity index (χ3n) is 5.47. The number of hydrogen-bond acceptors (Lipinski definition) is 7. The molecular formula is C23H23F2N5O3. The van der Waals surface area contributed by atoms with Crippen molar-refractivity contribution in [2.24, 2.45) is 5.92 Å². The number of carbonyl (C=O) groups is 1. The van der Waals surface area contributed by atoms with Crippen molar-refractivity contribution in [3.05, 3.63) is 60.7 Å². The standard InChI is InChI=1S/C23H23F2N5O3/c24-22(25)33-20-5-1-15(2-6-20)17-11-27-23(28-12-17)29-18-3-4-19(26-13-18)14-30-9-7-16(8-10-30)21(31)32/h1-6,11-13,16,22H,7-10,14H2,(H,31,32)(H,27,28,29). The first-order chi connectivity index (χ1) is 16.0. The Balaban J connectivity index is 1.31. The minimum Gasteiger partial charge on any atom is -0.481 e. The van der Waals surface area contributed by atoms with Crippen molar-refractivity contribution in [1.82, 2.24) is 19.9 Å². The summed E-state index contributed by atoms with van der Waals surface area (Å²) in [4.78, 5) is 26.4. The minimum absolute atomic E-state index is 0.0913. The van der Waals surface area contributed by atoms with E-state index in [9.17, 15) is 13.6 Å². The first-order valence-electron chi connectivity index (χ1n) is 10.5. The number of halogens is 2. The lowest BCUT2D eigenvalue weighted by Gasteiger charge is -2.29. The molecule has 1 aliphatic rings. The highest BCUT2D eigenvalue weighted by molar-refractivity contribution is 5.70. The Kier molecular flexibility index (Phi) is 7.04. The SMILES string of the molecule is O=C(O)C1CCN(Cc2ccc(Nc3ncc(-c4ccc(OC(F)F)cc4)cn3)cn2)CC1. The third-order valence-corrected chi connectivity index (χ3v) is 5.47. The zero-order valence-corrected chi connectivity index (χ0v) is 17.7. The van der Waals surface area contributed by atoms with Crippen LogP contribution in [0.1, 0.15) is 18.5 Å². The molecule has 2 N–H and O–H groups in total. The van der Waals surface area contributed by atoms with Gasteiger partial charge in [-0.25, -0.2) is 9.97 Å². The summed E-state index contributed by atoms with van der Waals surface area (Å²) in [5, 5.41) is 12.2. The molecule has 2 aromatic heterocycles. The lowest BCUT2D eigenvalue weighted by Crippen LogP contribution is -2.36. The number of piperidine rings is 1. The van der Waals surface area contributed by atoms with Crippen LogP contribution in [0.25, 0.3) is 11.1 Å². The molecule has 10 heteroatoms. The molecule has 1 fully saturated rings. The quantitative estimate of drug-likeness (QED) is 0.522. The summed E-state index contributed by atoms with van der Waals surface area (Å²) < 4.78 is 28.9. The van der Waals surface area contributed by atoms with E-state index in [4.69, 9.17) is 5.11 Å². The Bertz CT molecular complexity index is 1050. The van der Waals surface area contributed by atoms with Gasteiger partial charge in [-0.1, -0.05) is 12.1 Å². The van der Waals surface area contributed by atoms with Gasteiger partial charge in [0.05, 0.1) is 23.5 Å². The second-order valence-corrected chi connectivity index (χ2v) is 7.75. The normalized spacial score (nSPS) is 14.9. The molecule has 0 radical (unpaired) electrons. The van der Waals surface area contributed by atoms with Gasteiger partial charge >= 0.3 is 12.6 Å². The Morgan fingerprint density at radius 1 is 1.03 bits per heavy atom. The molecule has 0 unspecified atom stereocenters. The van der Waals surface area contributed by atoms with E-state index in [2.05, 4.69) is 29.9 Å². The number of aliphatic carboxylic acids is 1. The van der Waals surface area contributed by atoms with Crippen molar-refractivity contribution in [2.45, 2.75) is 26.0 Å². The van der Waals surface area contributed by atoms with Crippen LogP contribution in [0.2, 0.25) is 0 Å². The van der Waals surface area contributed by atoms with Crippen LogP contribution in [-0.2, 0) is 11.3 Å². The van der Waals surface area contributed by atoms with Gasteiger partial charge in [-0.2, -0.15) is 8.78 Å². The van der Waals surface area contributed by atoms with Gasteiger partial charge in [0, 0.05) is 24.5 Å². The molecule has 1 saturated heterocycles. The van der Waals surface area contributed by atoms with E-state index in [0.717, 1.165) is 35.6 Å². The highest BCUT2D eigenvalue weighted by Crippen LogP contribution is 2.23. The number of aromatic nitrogens is 3. The monoisotopic (exact) mass is 455 g/mol. The zero-order chi connectivity index (χ0) is 23.2. The number of hydrogen-bond donors (Lipinski definition) is 2. The van der Waals surface area contributed by atoms with Crippen molar-refractivity contribution >= 4 is 17.6 Å². The van der Waals surface area contributed by atoms with Gasteiger partial charge in [0.1, 0.15) is 5.75 Å². The van der Waals surface area contributed by atoms with E-state index in [1.807, 2.05) is 12.1 Å². The van der Waals surface area contributed by atoms with Crippen LogP contribution in [0.15, 0.2) is 55.0 Å². The number of ether oxygens (including phenoxy) is 1. The van der Waals surface area contributed by atoms with Crippen molar-refractivity contribution < 1.29 is 23.4 Å². The Labute approximate surface area is 189 Å². The fourth-order valence-electron chi connectivity index (χ4n) is 3.66. The van der Waals surface area contributed by atoms with E-state index in [0.29, 0.717) is 25.3 Å². The molecule has 0 aliphatic carbocycles. The molecule has 0 amide bonds. The maximum Gasteiger partial charge on any atom is 0.387 e. The van der Waals surface area contributed by atoms with Crippen LogP contribution in [0.5, 0.6) is 5.75 Å². The average Bonchev–Trinajstić information content (AvgIpc) is 2.81. The molecule has 0 bridgehead atoms. The second-order valence-electron chi connectivity index (χ2n) is 7.75. The summed E-state index contributed by atoms with van der Waals surface area (Å²) in [6, 6.07) is 10.1. The number of carboxylic acid groups (broad SMARTS) is 1. The van der Waals surface area contributed by atoms with E-state index in [1.54, 1.807) is 30.7 Å². The van der Waals surface area contributed by atoms with Crippen LogP contribution in [0.3, 0.4) is 0 Å². The van der Waals surface area contributed by atoms with Gasteiger partial charge in [-0.3, -0.25) is 14.7 Å². The van der Waals surface area contributed by atoms with Gasteiger partial charge in [0.15, 0.2) is 0 Å². The molecule has 4 rings (SSSR count). The van der Waals surface area contributed by atoms with Crippen molar-refractivity contribution in [2.75, 3.05) is 18.4 Å². The lowest BCUT2D eigenvalue weighted by atomic mass is 9.97. The number of alkyl halides is 2. The number of nitrogens with one attached hydrogen (secondary N) is 1. The van der Waals surface area contributed by atoms with Gasteiger partial charge in [-0.15, -0.1) is 0 Å². The number of pyridine rings is 1. The van der Waals surface area contributed by atoms with Gasteiger partial charge in [0.2, 0.25) is 5.95 Å². The van der Waals surface area contributed by atoms with Crippen LogP contribution in [-0.4, -0.2) is 50.6 Å². The number of anilines is 2. The second kappa shape index (κ2) is 10.3. The van der Waals surface area contributed by atoms with Crippen LogP contribution in [0.4, 0.5) is 20.4 Å². The topological polar surface area (TPSA) is 100 Å². The number of benzene rings is 1. The van der Waals surface area contributed by atoms with Crippen LogP contribution < -0.4 is 10.1 Å². The van der Waals surface area contributed by atoms with E-state index in [1.165, 1.54) is 12.1 Å². The van der Waals surface area contributed by atoms with Gasteiger partial charge < -0.3 is 15.2 Å².